The molecular weight excluding hydrogens is 545 g/mol. The average molecular weight is 571 g/mol. The summed E-state index contributed by atoms with van der Waals surface area (Å²) in [5, 5.41) is 5.55. The van der Waals surface area contributed by atoms with Gasteiger partial charge in [-0.1, -0.05) is 37.7 Å². The molecule has 0 unspecified atom stereocenters. The van der Waals surface area contributed by atoms with Gasteiger partial charge in [-0.05, 0) is 78.6 Å². The first kappa shape index (κ1) is 28.7. The predicted octanol–water partition coefficient (Wildman–Crippen LogP) is 6.94. The molecule has 1 aliphatic heterocycles. The van der Waals surface area contributed by atoms with Gasteiger partial charge in [0.05, 0.1) is 11.4 Å². The summed E-state index contributed by atoms with van der Waals surface area (Å²) in [5.74, 6) is -0.806. The molecule has 0 aromatic heterocycles. The molecule has 1 aliphatic rings. The molecule has 1 fully saturated rings. The molecule has 1 saturated heterocycles. The van der Waals surface area contributed by atoms with Crippen LogP contribution in [0.15, 0.2) is 71.7 Å². The van der Waals surface area contributed by atoms with Crippen LogP contribution in [0.5, 0.6) is 5.75 Å². The predicted molar refractivity (Wildman–Crippen MR) is 149 cm³/mol. The van der Waals surface area contributed by atoms with E-state index in [4.69, 9.17) is 0 Å². The lowest BCUT2D eigenvalue weighted by Gasteiger charge is -2.22. The second kappa shape index (κ2) is 11.8. The number of nitrogens with one attached hydrogen (secondary N) is 2. The van der Waals surface area contributed by atoms with Crippen LogP contribution in [0.4, 0.5) is 35.0 Å². The zero-order valence-electron chi connectivity index (χ0n) is 21.7. The largest absolute Gasteiger partial charge is 0.573 e. The molecule has 8 nitrogen and oxygen atoms in total. The Morgan fingerprint density at radius 3 is 2.20 bits per heavy atom. The van der Waals surface area contributed by atoms with Crippen LogP contribution in [0.25, 0.3) is 0 Å². The van der Waals surface area contributed by atoms with Gasteiger partial charge in [-0.3, -0.25) is 14.5 Å². The number of alkyl halides is 3. The lowest BCUT2D eigenvalue weighted by Crippen LogP contribution is -2.31. The van der Waals surface area contributed by atoms with Gasteiger partial charge in [0.1, 0.15) is 5.75 Å². The molecule has 4 rings (SSSR count). The van der Waals surface area contributed by atoms with Gasteiger partial charge in [0.25, 0.3) is 5.91 Å². The standard InChI is InChI=1S/C28H25F3N4O4S/c1-16(2)22-13-4-17(3)14-23(22)35-24(36)15-40-27(35)34-26(38)33-20-9-7-19(8-10-20)32-25(37)18-5-11-21(12-6-18)39-28(29,30)31/h4-14,16H,15H2,1-3H3,(H,32,37)(H,33,38)/b34-27-. The van der Waals surface area contributed by atoms with Gasteiger partial charge in [-0.2, -0.15) is 4.99 Å². The van der Waals surface area contributed by atoms with Crippen LogP contribution in [0.2, 0.25) is 0 Å². The summed E-state index contributed by atoms with van der Waals surface area (Å²) in [6, 6.07) is 15.9. The van der Waals surface area contributed by atoms with E-state index >= 15 is 0 Å². The average Bonchev–Trinajstić information content (AvgIpc) is 3.23. The Hall–Kier alpha value is -4.32. The van der Waals surface area contributed by atoms with Crippen LogP contribution in [0.1, 0.15) is 41.3 Å². The van der Waals surface area contributed by atoms with Crippen LogP contribution < -0.4 is 20.3 Å². The van der Waals surface area contributed by atoms with Gasteiger partial charge in [-0.15, -0.1) is 13.2 Å². The number of benzene rings is 3. The lowest BCUT2D eigenvalue weighted by molar-refractivity contribution is -0.274. The Balaban J connectivity index is 1.41. The Morgan fingerprint density at radius 1 is 0.975 bits per heavy atom. The molecule has 3 aromatic rings. The van der Waals surface area contributed by atoms with Crippen LogP contribution in [-0.2, 0) is 4.79 Å². The van der Waals surface area contributed by atoms with Gasteiger partial charge in [0.2, 0.25) is 5.91 Å². The van der Waals surface area contributed by atoms with E-state index in [0.717, 1.165) is 23.3 Å². The Kier molecular flexibility index (Phi) is 8.48. The number of halogens is 3. The minimum atomic E-state index is -4.82. The van der Waals surface area contributed by atoms with E-state index in [9.17, 15) is 27.6 Å². The summed E-state index contributed by atoms with van der Waals surface area (Å²) in [4.78, 5) is 43.5. The first-order valence-electron chi connectivity index (χ1n) is 12.1. The fourth-order valence-electron chi connectivity index (χ4n) is 3.90. The molecule has 40 heavy (non-hydrogen) atoms. The number of aliphatic imine (C=N–C) groups is 1. The van der Waals surface area contributed by atoms with E-state index in [-0.39, 0.29) is 28.3 Å². The maximum Gasteiger partial charge on any atom is 0.573 e. The third kappa shape index (κ3) is 7.20. The summed E-state index contributed by atoms with van der Waals surface area (Å²) >= 11 is 1.18. The molecule has 1 heterocycles. The monoisotopic (exact) mass is 570 g/mol. The topological polar surface area (TPSA) is 100 Å². The first-order chi connectivity index (χ1) is 18.9. The van der Waals surface area contributed by atoms with Gasteiger partial charge in [0, 0.05) is 16.9 Å². The molecule has 0 aliphatic carbocycles. The first-order valence-corrected chi connectivity index (χ1v) is 13.1. The summed E-state index contributed by atoms with van der Waals surface area (Å²) in [6.07, 6.45) is -4.82. The number of thioether (sulfide) groups is 1. The minimum absolute atomic E-state index is 0.130. The van der Waals surface area contributed by atoms with Crippen molar-refractivity contribution in [3.8, 4) is 5.75 Å². The SMILES string of the molecule is Cc1ccc(C(C)C)c(N2C(=O)CS/C2=N\C(=O)Nc2ccc(NC(=O)c3ccc(OC(F)(F)F)cc3)cc2)c1. The molecule has 0 bridgehead atoms. The number of hydrogen-bond acceptors (Lipinski definition) is 5. The molecule has 0 spiro atoms. The van der Waals surface area contributed by atoms with E-state index in [0.29, 0.717) is 17.1 Å². The fraction of sp³-hybridized carbons (Fsp3) is 0.214. The van der Waals surface area contributed by atoms with Crippen LogP contribution in [0, 0.1) is 6.92 Å². The molecule has 4 amide bonds. The molecule has 3 aromatic carbocycles. The number of carbonyl (C=O) groups excluding carboxylic acids is 3. The number of aryl methyl sites for hydroxylation is 1. The highest BCUT2D eigenvalue weighted by molar-refractivity contribution is 8.15. The second-order valence-electron chi connectivity index (χ2n) is 9.16. The highest BCUT2D eigenvalue weighted by atomic mass is 32.2. The van der Waals surface area contributed by atoms with Crippen molar-refractivity contribution >= 4 is 51.8 Å². The fourth-order valence-corrected chi connectivity index (χ4v) is 4.76. The van der Waals surface area contributed by atoms with Crippen molar-refractivity contribution in [2.75, 3.05) is 21.3 Å². The number of rotatable bonds is 6. The summed E-state index contributed by atoms with van der Waals surface area (Å²) in [6.45, 7) is 5.99. The van der Waals surface area contributed by atoms with Gasteiger partial charge in [-0.25, -0.2) is 4.79 Å². The van der Waals surface area contributed by atoms with E-state index < -0.39 is 24.1 Å². The third-order valence-electron chi connectivity index (χ3n) is 5.76. The van der Waals surface area contributed by atoms with Crippen LogP contribution >= 0.6 is 11.8 Å². The summed E-state index contributed by atoms with van der Waals surface area (Å²) < 4.78 is 40.7. The van der Waals surface area contributed by atoms with Crippen molar-refractivity contribution in [1.82, 2.24) is 0 Å². The lowest BCUT2D eigenvalue weighted by atomic mass is 9.99. The number of amides is 4. The van der Waals surface area contributed by atoms with Gasteiger partial charge in [0.15, 0.2) is 5.17 Å². The normalized spacial score (nSPS) is 14.5. The van der Waals surface area contributed by atoms with Crippen molar-refractivity contribution in [2.45, 2.75) is 33.1 Å². The molecular formula is C28H25F3N4O4S. The maximum atomic E-state index is 12.7. The maximum absolute atomic E-state index is 12.7. The van der Waals surface area contributed by atoms with Gasteiger partial charge >= 0.3 is 12.4 Å². The molecule has 12 heteroatoms. The molecule has 0 atom stereocenters. The van der Waals surface area contributed by atoms with Crippen molar-refractivity contribution in [3.63, 3.8) is 0 Å². The van der Waals surface area contributed by atoms with Crippen molar-refractivity contribution < 1.29 is 32.3 Å². The van der Waals surface area contributed by atoms with E-state index in [1.807, 2.05) is 39.0 Å². The number of hydrogen-bond donors (Lipinski definition) is 2. The molecule has 0 radical (unpaired) electrons. The smallest absolute Gasteiger partial charge is 0.406 e. The summed E-state index contributed by atoms with van der Waals surface area (Å²) in [5.41, 5.74) is 3.59. The second-order valence-corrected chi connectivity index (χ2v) is 10.1. The number of ether oxygens (including phenoxy) is 1. The highest BCUT2D eigenvalue weighted by Gasteiger charge is 2.33. The zero-order chi connectivity index (χ0) is 29.0. The van der Waals surface area contributed by atoms with E-state index in [2.05, 4.69) is 20.4 Å². The minimum Gasteiger partial charge on any atom is -0.406 e. The van der Waals surface area contributed by atoms with Crippen LogP contribution in [0.3, 0.4) is 0 Å². The number of nitrogens with zero attached hydrogens (tertiary/aromatic N) is 2. The molecule has 0 saturated carbocycles. The third-order valence-corrected chi connectivity index (χ3v) is 6.68. The number of carbonyl (C=O) groups is 3. The number of urea groups is 1. The van der Waals surface area contributed by atoms with Gasteiger partial charge < -0.3 is 15.4 Å². The van der Waals surface area contributed by atoms with E-state index in [1.165, 1.54) is 28.8 Å². The van der Waals surface area contributed by atoms with Crippen molar-refractivity contribution in [2.24, 2.45) is 4.99 Å². The number of amidine groups is 1. The number of anilines is 3. The van der Waals surface area contributed by atoms with E-state index in [1.54, 1.807) is 24.3 Å². The zero-order valence-corrected chi connectivity index (χ0v) is 22.5. The Bertz CT molecular complexity index is 1460. The quantitative estimate of drug-likeness (QED) is 0.335. The Morgan fingerprint density at radius 2 is 1.60 bits per heavy atom. The van der Waals surface area contributed by atoms with Crippen molar-refractivity contribution in [3.05, 3.63) is 83.4 Å². The summed E-state index contributed by atoms with van der Waals surface area (Å²) in [7, 11) is 0. The van der Waals surface area contributed by atoms with Crippen LogP contribution in [-0.4, -0.2) is 35.1 Å². The molecule has 2 N–H and O–H groups in total. The highest BCUT2D eigenvalue weighted by Crippen LogP contribution is 2.34. The Labute approximate surface area is 232 Å². The van der Waals surface area contributed by atoms with Crippen molar-refractivity contribution in [1.29, 1.82) is 0 Å². The molecule has 208 valence electrons.